The fourth-order valence-electron chi connectivity index (χ4n) is 1.93. The molecule has 1 aromatic rings. The summed E-state index contributed by atoms with van der Waals surface area (Å²) < 4.78 is 11.2. The molecule has 1 unspecified atom stereocenters. The molecule has 5 heteroatoms. The van der Waals surface area contributed by atoms with E-state index in [0.717, 1.165) is 45.4 Å². The molecule has 0 amide bonds. The van der Waals surface area contributed by atoms with Crippen molar-refractivity contribution < 1.29 is 9.15 Å². The van der Waals surface area contributed by atoms with Gasteiger partial charge in [-0.15, -0.1) is 10.2 Å². The van der Waals surface area contributed by atoms with E-state index in [1.165, 1.54) is 6.42 Å². The first kappa shape index (κ1) is 12.5. The Hall–Kier alpha value is -0.940. The minimum atomic E-state index is 0.0219. The summed E-state index contributed by atoms with van der Waals surface area (Å²) in [7, 11) is 0. The van der Waals surface area contributed by atoms with Crippen molar-refractivity contribution in [3.05, 3.63) is 11.8 Å². The van der Waals surface area contributed by atoms with Crippen molar-refractivity contribution in [2.24, 2.45) is 0 Å². The topological polar surface area (TPSA) is 60.2 Å². The Kier molecular flexibility index (Phi) is 4.94. The minimum Gasteiger partial charge on any atom is -0.422 e. The molecule has 0 spiro atoms. The number of nitrogens with one attached hydrogen (secondary N) is 1. The Morgan fingerprint density at radius 1 is 1.29 bits per heavy atom. The summed E-state index contributed by atoms with van der Waals surface area (Å²) in [6, 6.07) is 0. The smallest absolute Gasteiger partial charge is 0.245 e. The lowest BCUT2D eigenvalue weighted by molar-refractivity contribution is -0.00210. The van der Waals surface area contributed by atoms with Crippen molar-refractivity contribution in [2.75, 3.05) is 19.7 Å². The summed E-state index contributed by atoms with van der Waals surface area (Å²) in [4.78, 5) is 0. The maximum Gasteiger partial charge on any atom is 0.245 e. The van der Waals surface area contributed by atoms with Crippen LogP contribution in [0.4, 0.5) is 0 Å². The molecule has 0 aromatic carbocycles. The zero-order valence-corrected chi connectivity index (χ0v) is 10.4. The van der Waals surface area contributed by atoms with E-state index in [1.807, 2.05) is 0 Å². The lowest BCUT2D eigenvalue weighted by Gasteiger charge is -2.18. The average Bonchev–Trinajstić information content (AvgIpc) is 2.85. The average molecular weight is 239 g/mol. The molecule has 1 aliphatic heterocycles. The monoisotopic (exact) mass is 239 g/mol. The summed E-state index contributed by atoms with van der Waals surface area (Å²) in [6.45, 7) is 4.88. The van der Waals surface area contributed by atoms with Crippen LogP contribution >= 0.6 is 0 Å². The summed E-state index contributed by atoms with van der Waals surface area (Å²) in [5.74, 6) is 1.35. The molecule has 1 N–H and O–H groups in total. The highest BCUT2D eigenvalue weighted by atomic mass is 16.5. The first-order valence-electron chi connectivity index (χ1n) is 6.54. The number of hydrogen-bond acceptors (Lipinski definition) is 5. The predicted molar refractivity (Wildman–Crippen MR) is 63.7 cm³/mol. The molecule has 1 saturated heterocycles. The summed E-state index contributed by atoms with van der Waals surface area (Å²) in [6.07, 6.45) is 5.27. The Balaban J connectivity index is 1.78. The molecule has 0 bridgehead atoms. The van der Waals surface area contributed by atoms with Crippen molar-refractivity contribution in [3.63, 3.8) is 0 Å². The van der Waals surface area contributed by atoms with Crippen LogP contribution < -0.4 is 5.32 Å². The zero-order chi connectivity index (χ0) is 11.9. The highest BCUT2D eigenvalue weighted by Gasteiger charge is 2.21. The molecule has 2 heterocycles. The van der Waals surface area contributed by atoms with Gasteiger partial charge in [0.1, 0.15) is 6.10 Å². The fourth-order valence-corrected chi connectivity index (χ4v) is 1.93. The third-order valence-corrected chi connectivity index (χ3v) is 2.88. The molecular weight excluding hydrogens is 218 g/mol. The molecule has 96 valence electrons. The standard InChI is InChI=1S/C12H21N3O2/c1-2-7-13-8-6-11-14-15-12(17-11)10-5-3-4-9-16-10/h10,13H,2-9H2,1H3. The van der Waals surface area contributed by atoms with Crippen LogP contribution in [-0.2, 0) is 11.2 Å². The molecule has 0 aliphatic carbocycles. The minimum absolute atomic E-state index is 0.0219. The summed E-state index contributed by atoms with van der Waals surface area (Å²) >= 11 is 0. The van der Waals surface area contributed by atoms with Gasteiger partial charge in [0.2, 0.25) is 11.8 Å². The van der Waals surface area contributed by atoms with Gasteiger partial charge in [0.05, 0.1) is 0 Å². The SMILES string of the molecule is CCCNCCc1nnc(C2CCCCO2)o1. The molecular formula is C12H21N3O2. The van der Waals surface area contributed by atoms with Gasteiger partial charge in [0.15, 0.2) is 0 Å². The van der Waals surface area contributed by atoms with E-state index in [-0.39, 0.29) is 6.10 Å². The maximum absolute atomic E-state index is 5.62. The third kappa shape index (κ3) is 3.78. The third-order valence-electron chi connectivity index (χ3n) is 2.88. The zero-order valence-electron chi connectivity index (χ0n) is 10.4. The van der Waals surface area contributed by atoms with Gasteiger partial charge in [-0.3, -0.25) is 0 Å². The van der Waals surface area contributed by atoms with E-state index >= 15 is 0 Å². The van der Waals surface area contributed by atoms with Gasteiger partial charge in [-0.2, -0.15) is 0 Å². The van der Waals surface area contributed by atoms with Gasteiger partial charge in [-0.05, 0) is 32.2 Å². The normalized spacial score (nSPS) is 20.6. The van der Waals surface area contributed by atoms with Crippen LogP contribution in [-0.4, -0.2) is 29.9 Å². The van der Waals surface area contributed by atoms with Crippen molar-refractivity contribution in [1.82, 2.24) is 15.5 Å². The summed E-state index contributed by atoms with van der Waals surface area (Å²) in [5, 5.41) is 11.4. The molecule has 0 radical (unpaired) electrons. The lowest BCUT2D eigenvalue weighted by atomic mass is 10.1. The lowest BCUT2D eigenvalue weighted by Crippen LogP contribution is -2.17. The number of rotatable bonds is 6. The van der Waals surface area contributed by atoms with Crippen LogP contribution in [0.15, 0.2) is 4.42 Å². The summed E-state index contributed by atoms with van der Waals surface area (Å²) in [5.41, 5.74) is 0. The first-order chi connectivity index (χ1) is 8.40. The number of ether oxygens (including phenoxy) is 1. The molecule has 0 saturated carbocycles. The van der Waals surface area contributed by atoms with E-state index in [1.54, 1.807) is 0 Å². The molecule has 17 heavy (non-hydrogen) atoms. The second-order valence-electron chi connectivity index (χ2n) is 4.39. The van der Waals surface area contributed by atoms with Crippen LogP contribution in [0.1, 0.15) is 50.5 Å². The highest BCUT2D eigenvalue weighted by molar-refractivity contribution is 4.88. The molecule has 1 aliphatic rings. The van der Waals surface area contributed by atoms with Gasteiger partial charge in [0.25, 0.3) is 0 Å². The number of aromatic nitrogens is 2. The van der Waals surface area contributed by atoms with Crippen LogP contribution in [0.5, 0.6) is 0 Å². The van der Waals surface area contributed by atoms with Gasteiger partial charge >= 0.3 is 0 Å². The van der Waals surface area contributed by atoms with Gasteiger partial charge < -0.3 is 14.5 Å². The Morgan fingerprint density at radius 2 is 2.24 bits per heavy atom. The van der Waals surface area contributed by atoms with Gasteiger partial charge in [-0.25, -0.2) is 0 Å². The van der Waals surface area contributed by atoms with Crippen LogP contribution in [0, 0.1) is 0 Å². The quantitative estimate of drug-likeness (QED) is 0.768. The number of nitrogens with zero attached hydrogens (tertiary/aromatic N) is 2. The van der Waals surface area contributed by atoms with Crippen LogP contribution in [0.2, 0.25) is 0 Å². The van der Waals surface area contributed by atoms with Crippen molar-refractivity contribution in [1.29, 1.82) is 0 Å². The molecule has 1 atom stereocenters. The highest BCUT2D eigenvalue weighted by Crippen LogP contribution is 2.26. The van der Waals surface area contributed by atoms with E-state index in [0.29, 0.717) is 11.8 Å². The second-order valence-corrected chi connectivity index (χ2v) is 4.39. The predicted octanol–water partition coefficient (Wildman–Crippen LogP) is 1.85. The first-order valence-corrected chi connectivity index (χ1v) is 6.54. The largest absolute Gasteiger partial charge is 0.422 e. The van der Waals surface area contributed by atoms with E-state index in [2.05, 4.69) is 22.4 Å². The van der Waals surface area contributed by atoms with Crippen molar-refractivity contribution >= 4 is 0 Å². The van der Waals surface area contributed by atoms with E-state index in [4.69, 9.17) is 9.15 Å². The van der Waals surface area contributed by atoms with Crippen LogP contribution in [0.3, 0.4) is 0 Å². The molecule has 1 fully saturated rings. The van der Waals surface area contributed by atoms with Gasteiger partial charge in [0, 0.05) is 19.6 Å². The van der Waals surface area contributed by atoms with Crippen LogP contribution in [0.25, 0.3) is 0 Å². The van der Waals surface area contributed by atoms with Crippen molar-refractivity contribution in [2.45, 2.75) is 45.1 Å². The van der Waals surface area contributed by atoms with E-state index < -0.39 is 0 Å². The maximum atomic E-state index is 5.62. The van der Waals surface area contributed by atoms with E-state index in [9.17, 15) is 0 Å². The Labute approximate surface area is 102 Å². The number of hydrogen-bond donors (Lipinski definition) is 1. The second kappa shape index (κ2) is 6.71. The molecule has 5 nitrogen and oxygen atoms in total. The Morgan fingerprint density at radius 3 is 3.00 bits per heavy atom. The fraction of sp³-hybridized carbons (Fsp3) is 0.833. The van der Waals surface area contributed by atoms with Gasteiger partial charge in [-0.1, -0.05) is 6.92 Å². The van der Waals surface area contributed by atoms with Crippen molar-refractivity contribution in [3.8, 4) is 0 Å². The molecule has 1 aromatic heterocycles. The molecule has 2 rings (SSSR count). The Bertz CT molecular complexity index is 321.